The quantitative estimate of drug-likeness (QED) is 0.390. The molecule has 0 fully saturated rings. The number of carbonyl (C=O) groups is 2. The number of nitrogens with two attached hydrogens (primary N) is 1. The van der Waals surface area contributed by atoms with E-state index in [0.717, 1.165) is 6.42 Å². The monoisotopic (exact) mass is 441 g/mol. The van der Waals surface area contributed by atoms with E-state index >= 15 is 0 Å². The second kappa shape index (κ2) is 13.6. The average Bonchev–Trinajstić information content (AvgIpc) is 2.71. The van der Waals surface area contributed by atoms with Gasteiger partial charge in [-0.1, -0.05) is 20.3 Å². The fourth-order valence-electron chi connectivity index (χ4n) is 3.06. The van der Waals surface area contributed by atoms with Crippen LogP contribution >= 0.6 is 0 Å². The fraction of sp³-hybridized carbons (Fsp3) is 0.700. The van der Waals surface area contributed by atoms with Gasteiger partial charge < -0.3 is 20.1 Å². The lowest BCUT2D eigenvalue weighted by Gasteiger charge is -2.27. The molecule has 11 nitrogen and oxygen atoms in total. The topological polar surface area (TPSA) is 140 Å². The van der Waals surface area contributed by atoms with E-state index in [4.69, 9.17) is 15.2 Å². The Kier molecular flexibility index (Phi) is 11.6. The molecule has 0 unspecified atom stereocenters. The van der Waals surface area contributed by atoms with Crippen LogP contribution in [0.4, 0.5) is 11.5 Å². The van der Waals surface area contributed by atoms with Crippen LogP contribution in [0.2, 0.25) is 0 Å². The van der Waals surface area contributed by atoms with Gasteiger partial charge in [-0.05, 0) is 19.8 Å². The number of nitrogen functional groups attached to an aromatic ring is 1. The molecule has 3 N–H and O–H groups in total. The Bertz CT molecular complexity index is 834. The zero-order valence-electron chi connectivity index (χ0n) is 18.9. The number of nitrogens with zero attached hydrogens (tertiary/aromatic N) is 3. The minimum absolute atomic E-state index is 0.0469. The second-order valence-corrected chi connectivity index (χ2v) is 7.05. The number of H-pyrrole nitrogens is 1. The molecule has 0 aliphatic heterocycles. The molecule has 0 bridgehead atoms. The van der Waals surface area contributed by atoms with Gasteiger partial charge in [0.25, 0.3) is 5.56 Å². The van der Waals surface area contributed by atoms with Crippen molar-refractivity contribution in [2.75, 3.05) is 57.1 Å². The number of carbonyl (C=O) groups excluding carboxylic acids is 2. The Balaban J connectivity index is 3.27. The normalized spacial score (nSPS) is 11.0. The number of methoxy groups -OCH3 is 1. The third kappa shape index (κ3) is 7.83. The molecule has 1 rings (SSSR count). The summed E-state index contributed by atoms with van der Waals surface area (Å²) in [5.74, 6) is -0.915. The summed E-state index contributed by atoms with van der Waals surface area (Å²) in [7, 11) is 1.52. The van der Waals surface area contributed by atoms with E-state index in [1.165, 1.54) is 16.6 Å². The first-order valence-corrected chi connectivity index (χ1v) is 10.6. The lowest BCUT2D eigenvalue weighted by molar-refractivity contribution is -0.144. The molecule has 0 atom stereocenters. The summed E-state index contributed by atoms with van der Waals surface area (Å²) < 4.78 is 11.3. The lowest BCUT2D eigenvalue weighted by Crippen LogP contribution is -2.47. The predicted molar refractivity (Wildman–Crippen MR) is 118 cm³/mol. The molecule has 1 heterocycles. The Hall–Kier alpha value is -2.66. The molecule has 31 heavy (non-hydrogen) atoms. The Morgan fingerprint density at radius 1 is 1.10 bits per heavy atom. The molecular weight excluding hydrogens is 406 g/mol. The molecule has 1 aromatic heterocycles. The van der Waals surface area contributed by atoms with E-state index in [-0.39, 0.29) is 37.7 Å². The number of anilines is 2. The smallest absolute Gasteiger partial charge is 0.330 e. The standard InChI is InChI=1S/C20H35N5O6/c1-5-8-10-24(17-18(21)25(9-6-2)20(29)22-19(17)28)15(26)13-23(11-12-30-4)14-16(27)31-7-3/h5-14,21H2,1-4H3,(H,22,28,29). The Labute approximate surface area is 182 Å². The summed E-state index contributed by atoms with van der Waals surface area (Å²) >= 11 is 0. The van der Waals surface area contributed by atoms with Crippen molar-refractivity contribution >= 4 is 23.4 Å². The highest BCUT2D eigenvalue weighted by atomic mass is 16.5. The van der Waals surface area contributed by atoms with Gasteiger partial charge in [0.15, 0.2) is 5.69 Å². The van der Waals surface area contributed by atoms with Gasteiger partial charge in [-0.2, -0.15) is 0 Å². The number of amides is 1. The number of nitrogens with one attached hydrogen (secondary N) is 1. The molecule has 0 aromatic carbocycles. The lowest BCUT2D eigenvalue weighted by atomic mass is 10.2. The van der Waals surface area contributed by atoms with Crippen molar-refractivity contribution in [2.24, 2.45) is 0 Å². The molecule has 1 aromatic rings. The van der Waals surface area contributed by atoms with Crippen LogP contribution in [0.3, 0.4) is 0 Å². The van der Waals surface area contributed by atoms with Gasteiger partial charge in [0.1, 0.15) is 5.82 Å². The van der Waals surface area contributed by atoms with Gasteiger partial charge in [-0.25, -0.2) is 4.79 Å². The summed E-state index contributed by atoms with van der Waals surface area (Å²) in [6, 6.07) is 0. The van der Waals surface area contributed by atoms with E-state index < -0.39 is 23.1 Å². The maximum atomic E-state index is 13.2. The van der Waals surface area contributed by atoms with Crippen LogP contribution in [0.1, 0.15) is 40.0 Å². The van der Waals surface area contributed by atoms with Crippen molar-refractivity contribution in [3.63, 3.8) is 0 Å². The average molecular weight is 442 g/mol. The minimum Gasteiger partial charge on any atom is -0.465 e. The number of rotatable bonds is 14. The molecule has 0 aliphatic rings. The molecule has 0 radical (unpaired) electrons. The van der Waals surface area contributed by atoms with E-state index in [0.29, 0.717) is 32.5 Å². The van der Waals surface area contributed by atoms with Gasteiger partial charge in [0.05, 0.1) is 26.3 Å². The summed E-state index contributed by atoms with van der Waals surface area (Å²) in [6.07, 6.45) is 2.04. The molecular formula is C20H35N5O6. The Morgan fingerprint density at radius 2 is 1.81 bits per heavy atom. The first kappa shape index (κ1) is 26.4. The maximum Gasteiger partial charge on any atom is 0.330 e. The number of aromatic amines is 1. The predicted octanol–water partition coefficient (Wildman–Crippen LogP) is 0.173. The zero-order valence-corrected chi connectivity index (χ0v) is 18.9. The molecule has 176 valence electrons. The van der Waals surface area contributed by atoms with Gasteiger partial charge in [0, 0.05) is 26.7 Å². The van der Waals surface area contributed by atoms with Crippen LogP contribution in [0.25, 0.3) is 0 Å². The van der Waals surface area contributed by atoms with Gasteiger partial charge >= 0.3 is 11.7 Å². The van der Waals surface area contributed by atoms with Crippen molar-refractivity contribution in [2.45, 2.75) is 46.6 Å². The highest BCUT2D eigenvalue weighted by Crippen LogP contribution is 2.18. The Morgan fingerprint density at radius 3 is 2.39 bits per heavy atom. The van der Waals surface area contributed by atoms with Crippen LogP contribution in [-0.4, -0.2) is 72.8 Å². The summed E-state index contributed by atoms with van der Waals surface area (Å²) in [5.41, 5.74) is 4.78. The summed E-state index contributed by atoms with van der Waals surface area (Å²) in [6.45, 7) is 6.74. The van der Waals surface area contributed by atoms with E-state index in [1.54, 1.807) is 11.8 Å². The third-order valence-electron chi connectivity index (χ3n) is 4.60. The molecule has 0 saturated carbocycles. The second-order valence-electron chi connectivity index (χ2n) is 7.05. The minimum atomic E-state index is -0.715. The molecule has 0 aliphatic carbocycles. The zero-order chi connectivity index (χ0) is 23.4. The highest BCUT2D eigenvalue weighted by Gasteiger charge is 2.26. The fourth-order valence-corrected chi connectivity index (χ4v) is 3.06. The van der Waals surface area contributed by atoms with E-state index in [2.05, 4.69) is 4.98 Å². The van der Waals surface area contributed by atoms with Gasteiger partial charge in [-0.15, -0.1) is 0 Å². The summed E-state index contributed by atoms with van der Waals surface area (Å²) in [5, 5.41) is 0. The number of hydrogen-bond acceptors (Lipinski definition) is 8. The van der Waals surface area contributed by atoms with E-state index in [9.17, 15) is 19.2 Å². The first-order chi connectivity index (χ1) is 14.8. The van der Waals surface area contributed by atoms with Gasteiger partial charge in [-0.3, -0.25) is 28.8 Å². The number of esters is 1. The SMILES string of the molecule is CCCCN(C(=O)CN(CCOC)CC(=O)OCC)c1c(N)n(CCC)c(=O)[nH]c1=O. The van der Waals surface area contributed by atoms with Crippen molar-refractivity contribution in [3.05, 3.63) is 20.8 Å². The van der Waals surface area contributed by atoms with Crippen molar-refractivity contribution in [1.82, 2.24) is 14.5 Å². The third-order valence-corrected chi connectivity index (χ3v) is 4.60. The molecule has 1 amide bonds. The van der Waals surface area contributed by atoms with Crippen LogP contribution in [-0.2, 0) is 25.6 Å². The van der Waals surface area contributed by atoms with Crippen LogP contribution in [0, 0.1) is 0 Å². The summed E-state index contributed by atoms with van der Waals surface area (Å²) in [4.78, 5) is 55.0. The number of ether oxygens (including phenoxy) is 2. The molecule has 0 saturated heterocycles. The van der Waals surface area contributed by atoms with Crippen LogP contribution < -0.4 is 21.9 Å². The van der Waals surface area contributed by atoms with Gasteiger partial charge in [0.2, 0.25) is 5.91 Å². The van der Waals surface area contributed by atoms with Crippen molar-refractivity contribution in [1.29, 1.82) is 0 Å². The number of hydrogen-bond donors (Lipinski definition) is 2. The molecule has 0 spiro atoms. The first-order valence-electron chi connectivity index (χ1n) is 10.6. The highest BCUT2D eigenvalue weighted by molar-refractivity contribution is 5.97. The van der Waals surface area contributed by atoms with Crippen molar-refractivity contribution in [3.8, 4) is 0 Å². The largest absolute Gasteiger partial charge is 0.465 e. The van der Waals surface area contributed by atoms with Crippen molar-refractivity contribution < 1.29 is 19.1 Å². The number of unbranched alkanes of at least 4 members (excludes halogenated alkanes) is 1. The maximum absolute atomic E-state index is 13.2. The molecule has 11 heteroatoms. The number of aromatic nitrogens is 2. The van der Waals surface area contributed by atoms with Crippen LogP contribution in [0.5, 0.6) is 0 Å². The van der Waals surface area contributed by atoms with Crippen LogP contribution in [0.15, 0.2) is 9.59 Å². The van der Waals surface area contributed by atoms with E-state index in [1.807, 2.05) is 13.8 Å².